The molecule has 8 heteroatoms. The Balaban J connectivity index is 1.85. The lowest BCUT2D eigenvalue weighted by Gasteiger charge is -2.12. The molecule has 3 rings (SSSR count). The third-order valence-corrected chi connectivity index (χ3v) is 5.69. The van der Waals surface area contributed by atoms with Crippen LogP contribution in [0.3, 0.4) is 0 Å². The first-order valence-corrected chi connectivity index (χ1v) is 10.1. The number of allylic oxidation sites excluding steroid dienone is 1. The zero-order chi connectivity index (χ0) is 20.3. The van der Waals surface area contributed by atoms with E-state index in [-0.39, 0.29) is 17.2 Å². The van der Waals surface area contributed by atoms with E-state index in [1.807, 2.05) is 6.92 Å². The van der Waals surface area contributed by atoms with Crippen LogP contribution in [0.15, 0.2) is 59.0 Å². The SMILES string of the molecule is C=CCn1c(SCC(=O)Nc2cccc(Cl)c2C)nc2cc(Cl)ccc2c1=O. The molecule has 0 fully saturated rings. The van der Waals surface area contributed by atoms with Gasteiger partial charge in [-0.2, -0.15) is 0 Å². The molecule has 0 aliphatic heterocycles. The van der Waals surface area contributed by atoms with Crippen LogP contribution in [0.4, 0.5) is 5.69 Å². The van der Waals surface area contributed by atoms with Crippen molar-refractivity contribution in [3.8, 4) is 0 Å². The first kappa shape index (κ1) is 20.5. The molecule has 2 aromatic carbocycles. The zero-order valence-electron chi connectivity index (χ0n) is 15.0. The molecule has 0 saturated heterocycles. The summed E-state index contributed by atoms with van der Waals surface area (Å²) in [5.41, 5.74) is 1.74. The molecule has 5 nitrogen and oxygen atoms in total. The highest BCUT2D eigenvalue weighted by atomic mass is 35.5. The van der Waals surface area contributed by atoms with Gasteiger partial charge in [-0.1, -0.05) is 47.1 Å². The van der Waals surface area contributed by atoms with Gasteiger partial charge in [0.2, 0.25) is 5.91 Å². The fourth-order valence-corrected chi connectivity index (χ4v) is 3.78. The molecule has 0 aliphatic rings. The first-order chi connectivity index (χ1) is 13.4. The Morgan fingerprint density at radius 2 is 2.11 bits per heavy atom. The van der Waals surface area contributed by atoms with Gasteiger partial charge >= 0.3 is 0 Å². The summed E-state index contributed by atoms with van der Waals surface area (Å²) in [6, 6.07) is 10.3. The summed E-state index contributed by atoms with van der Waals surface area (Å²) < 4.78 is 1.49. The van der Waals surface area contributed by atoms with Gasteiger partial charge in [-0.05, 0) is 42.8 Å². The van der Waals surface area contributed by atoms with E-state index in [1.54, 1.807) is 42.5 Å². The molecule has 0 atom stereocenters. The molecule has 0 aliphatic carbocycles. The van der Waals surface area contributed by atoms with Crippen molar-refractivity contribution in [3.05, 3.63) is 75.0 Å². The number of nitrogens with one attached hydrogen (secondary N) is 1. The molecule has 1 amide bonds. The van der Waals surface area contributed by atoms with Crippen molar-refractivity contribution in [2.24, 2.45) is 0 Å². The Bertz CT molecular complexity index is 1130. The lowest BCUT2D eigenvalue weighted by Crippen LogP contribution is -2.24. The number of fused-ring (bicyclic) bond motifs is 1. The number of rotatable bonds is 6. The van der Waals surface area contributed by atoms with Gasteiger partial charge in [-0.3, -0.25) is 14.2 Å². The van der Waals surface area contributed by atoms with E-state index < -0.39 is 0 Å². The van der Waals surface area contributed by atoms with Crippen molar-refractivity contribution in [1.82, 2.24) is 9.55 Å². The predicted molar refractivity (Wildman–Crippen MR) is 117 cm³/mol. The first-order valence-electron chi connectivity index (χ1n) is 8.39. The maximum Gasteiger partial charge on any atom is 0.262 e. The van der Waals surface area contributed by atoms with Crippen LogP contribution in [0.5, 0.6) is 0 Å². The lowest BCUT2D eigenvalue weighted by molar-refractivity contribution is -0.113. The van der Waals surface area contributed by atoms with E-state index in [9.17, 15) is 9.59 Å². The zero-order valence-corrected chi connectivity index (χ0v) is 17.4. The summed E-state index contributed by atoms with van der Waals surface area (Å²) in [4.78, 5) is 29.7. The summed E-state index contributed by atoms with van der Waals surface area (Å²) in [5.74, 6) is -0.136. The molecule has 0 unspecified atom stereocenters. The Labute approximate surface area is 176 Å². The summed E-state index contributed by atoms with van der Waals surface area (Å²) in [6.45, 7) is 5.82. The molecule has 28 heavy (non-hydrogen) atoms. The number of aromatic nitrogens is 2. The van der Waals surface area contributed by atoms with E-state index in [4.69, 9.17) is 23.2 Å². The van der Waals surface area contributed by atoms with Crippen LogP contribution in [0, 0.1) is 6.92 Å². The van der Waals surface area contributed by atoms with Crippen LogP contribution in [0.25, 0.3) is 10.9 Å². The largest absolute Gasteiger partial charge is 0.325 e. The Morgan fingerprint density at radius 3 is 2.86 bits per heavy atom. The van der Waals surface area contributed by atoms with Gasteiger partial charge in [0.1, 0.15) is 0 Å². The number of hydrogen-bond donors (Lipinski definition) is 1. The van der Waals surface area contributed by atoms with Crippen molar-refractivity contribution in [3.63, 3.8) is 0 Å². The van der Waals surface area contributed by atoms with Crippen LogP contribution in [0.1, 0.15) is 5.56 Å². The molecule has 0 radical (unpaired) electrons. The third-order valence-electron chi connectivity index (χ3n) is 4.07. The van der Waals surface area contributed by atoms with Crippen LogP contribution < -0.4 is 10.9 Å². The molecule has 144 valence electrons. The average Bonchev–Trinajstić information content (AvgIpc) is 2.66. The minimum Gasteiger partial charge on any atom is -0.325 e. The average molecular weight is 434 g/mol. The number of carbonyl (C=O) groups excluding carboxylic acids is 1. The number of thioether (sulfide) groups is 1. The lowest BCUT2D eigenvalue weighted by atomic mass is 10.2. The van der Waals surface area contributed by atoms with Gasteiger partial charge in [0, 0.05) is 22.3 Å². The fraction of sp³-hybridized carbons (Fsp3) is 0.150. The van der Waals surface area contributed by atoms with Crippen LogP contribution in [0.2, 0.25) is 10.0 Å². The topological polar surface area (TPSA) is 64.0 Å². The molecule has 1 heterocycles. The van der Waals surface area contributed by atoms with Crippen molar-refractivity contribution in [1.29, 1.82) is 0 Å². The molecule has 1 N–H and O–H groups in total. The Morgan fingerprint density at radius 1 is 1.32 bits per heavy atom. The van der Waals surface area contributed by atoms with Gasteiger partial charge in [-0.15, -0.1) is 6.58 Å². The smallest absolute Gasteiger partial charge is 0.262 e. The van der Waals surface area contributed by atoms with Gasteiger partial charge in [0.15, 0.2) is 5.16 Å². The standard InChI is InChI=1S/C20H17Cl2N3O2S/c1-3-9-25-19(27)14-8-7-13(21)10-17(14)24-20(25)28-11-18(26)23-16-6-4-5-15(22)12(16)2/h3-8,10H,1,9,11H2,2H3,(H,23,26). The van der Waals surface area contributed by atoms with Gasteiger partial charge in [-0.25, -0.2) is 4.98 Å². The highest BCUT2D eigenvalue weighted by Crippen LogP contribution is 2.24. The normalized spacial score (nSPS) is 10.8. The number of nitrogens with zero attached hydrogens (tertiary/aromatic N) is 2. The second-order valence-electron chi connectivity index (χ2n) is 6.01. The van der Waals surface area contributed by atoms with Crippen molar-refractivity contribution in [2.45, 2.75) is 18.6 Å². The molecular weight excluding hydrogens is 417 g/mol. The number of amides is 1. The summed E-state index contributed by atoms with van der Waals surface area (Å²) in [7, 11) is 0. The number of anilines is 1. The number of benzene rings is 2. The number of halogens is 2. The Kier molecular flexibility index (Phi) is 6.44. The monoisotopic (exact) mass is 433 g/mol. The van der Waals surface area contributed by atoms with Crippen molar-refractivity contribution >= 4 is 57.5 Å². The van der Waals surface area contributed by atoms with Gasteiger partial charge < -0.3 is 5.32 Å². The molecule has 0 bridgehead atoms. The minimum absolute atomic E-state index is 0.0849. The van der Waals surface area contributed by atoms with E-state index in [2.05, 4.69) is 16.9 Å². The van der Waals surface area contributed by atoms with E-state index in [0.717, 1.165) is 5.56 Å². The molecule has 1 aromatic heterocycles. The third kappa shape index (κ3) is 4.41. The number of hydrogen-bond acceptors (Lipinski definition) is 4. The quantitative estimate of drug-likeness (QED) is 0.340. The molecule has 3 aromatic rings. The highest BCUT2D eigenvalue weighted by Gasteiger charge is 2.14. The number of carbonyl (C=O) groups is 1. The fourth-order valence-electron chi connectivity index (χ4n) is 2.63. The summed E-state index contributed by atoms with van der Waals surface area (Å²) >= 11 is 13.3. The molecular formula is C20H17Cl2N3O2S. The predicted octanol–water partition coefficient (Wildman–Crippen LogP) is 4.93. The van der Waals surface area contributed by atoms with Gasteiger partial charge in [0.05, 0.1) is 16.7 Å². The van der Waals surface area contributed by atoms with Crippen LogP contribution >= 0.6 is 35.0 Å². The second-order valence-corrected chi connectivity index (χ2v) is 7.80. The highest BCUT2D eigenvalue weighted by molar-refractivity contribution is 7.99. The molecule has 0 saturated carbocycles. The maximum absolute atomic E-state index is 12.8. The van der Waals surface area contributed by atoms with Crippen LogP contribution in [-0.4, -0.2) is 21.2 Å². The summed E-state index contributed by atoms with van der Waals surface area (Å²) in [5, 5.41) is 4.80. The Hall–Kier alpha value is -2.28. The second kappa shape index (κ2) is 8.82. The van der Waals surface area contributed by atoms with E-state index in [1.165, 1.54) is 16.3 Å². The van der Waals surface area contributed by atoms with Gasteiger partial charge in [0.25, 0.3) is 5.56 Å². The summed E-state index contributed by atoms with van der Waals surface area (Å²) in [6.07, 6.45) is 1.62. The van der Waals surface area contributed by atoms with Crippen LogP contribution in [-0.2, 0) is 11.3 Å². The van der Waals surface area contributed by atoms with E-state index in [0.29, 0.717) is 38.3 Å². The maximum atomic E-state index is 12.8. The minimum atomic E-state index is -0.221. The van der Waals surface area contributed by atoms with E-state index >= 15 is 0 Å². The van der Waals surface area contributed by atoms with Crippen molar-refractivity contribution < 1.29 is 4.79 Å². The molecule has 0 spiro atoms. The van der Waals surface area contributed by atoms with Crippen molar-refractivity contribution in [2.75, 3.05) is 11.1 Å².